The Balaban J connectivity index is 1.55. The maximum atomic E-state index is 10.5. The van der Waals surface area contributed by atoms with Crippen LogP contribution >= 0.6 is 11.3 Å². The molecule has 2 nitrogen and oxygen atoms in total. The predicted molar refractivity (Wildman–Crippen MR) is 93.2 cm³/mol. The molecule has 1 aliphatic rings. The summed E-state index contributed by atoms with van der Waals surface area (Å²) in [5, 5.41) is 12.6. The van der Waals surface area contributed by atoms with Gasteiger partial charge in [-0.25, -0.2) is 0 Å². The number of aryl methyl sites for hydroxylation is 1. The molecule has 2 aromatic rings. The maximum absolute atomic E-state index is 10.5. The lowest BCUT2D eigenvalue weighted by molar-refractivity contribution is 0.192. The van der Waals surface area contributed by atoms with E-state index in [0.29, 0.717) is 0 Å². The Morgan fingerprint density at radius 2 is 2.05 bits per heavy atom. The average Bonchev–Trinajstić information content (AvgIpc) is 2.94. The van der Waals surface area contributed by atoms with Crippen LogP contribution in [0.1, 0.15) is 22.4 Å². The Kier molecular flexibility index (Phi) is 5.08. The molecule has 3 rings (SSSR count). The van der Waals surface area contributed by atoms with Crippen LogP contribution in [0.3, 0.4) is 0 Å². The first-order chi connectivity index (χ1) is 10.7. The van der Waals surface area contributed by atoms with Gasteiger partial charge in [0.2, 0.25) is 0 Å². The molecule has 0 saturated carbocycles. The number of rotatable bonds is 5. The summed E-state index contributed by atoms with van der Waals surface area (Å²) in [7, 11) is 0. The van der Waals surface area contributed by atoms with Crippen molar-refractivity contribution in [2.45, 2.75) is 32.4 Å². The van der Waals surface area contributed by atoms with Crippen molar-refractivity contribution in [3.63, 3.8) is 0 Å². The largest absolute Gasteiger partial charge is 0.388 e. The molecular weight excluding hydrogens is 290 g/mol. The first-order valence-electron chi connectivity index (χ1n) is 7.88. The number of hydrogen-bond donors (Lipinski definition) is 1. The lowest BCUT2D eigenvalue weighted by Gasteiger charge is -2.28. The Morgan fingerprint density at radius 1 is 1.23 bits per heavy atom. The van der Waals surface area contributed by atoms with E-state index in [1.54, 1.807) is 11.3 Å². The van der Waals surface area contributed by atoms with Crippen LogP contribution in [0.2, 0.25) is 0 Å². The van der Waals surface area contributed by atoms with Crippen molar-refractivity contribution in [2.24, 2.45) is 0 Å². The Labute approximate surface area is 136 Å². The minimum atomic E-state index is -0.323. The van der Waals surface area contributed by atoms with Gasteiger partial charge in [0.25, 0.3) is 0 Å². The number of hydrogen-bond acceptors (Lipinski definition) is 3. The number of thiophene rings is 1. The molecule has 22 heavy (non-hydrogen) atoms. The molecule has 116 valence electrons. The highest BCUT2D eigenvalue weighted by molar-refractivity contribution is 7.10. The van der Waals surface area contributed by atoms with E-state index in [1.165, 1.54) is 21.6 Å². The molecule has 3 heteroatoms. The van der Waals surface area contributed by atoms with Crippen LogP contribution in [0.25, 0.3) is 0 Å². The molecule has 2 heterocycles. The average molecular weight is 313 g/mol. The lowest BCUT2D eigenvalue weighted by Crippen LogP contribution is -2.31. The summed E-state index contributed by atoms with van der Waals surface area (Å²) in [4.78, 5) is 3.74. The van der Waals surface area contributed by atoms with Crippen LogP contribution in [-0.2, 0) is 13.0 Å². The highest BCUT2D eigenvalue weighted by atomic mass is 32.1. The third-order valence-electron chi connectivity index (χ3n) is 4.35. The molecule has 0 radical (unpaired) electrons. The molecular formula is C19H23NOS. The number of aliphatic hydroxyl groups excluding tert-OH is 1. The molecule has 0 spiro atoms. The molecule has 1 aromatic heterocycles. The van der Waals surface area contributed by atoms with Gasteiger partial charge in [-0.05, 0) is 41.5 Å². The van der Waals surface area contributed by atoms with E-state index in [2.05, 4.69) is 59.7 Å². The summed E-state index contributed by atoms with van der Waals surface area (Å²) < 4.78 is 0. The van der Waals surface area contributed by atoms with E-state index in [-0.39, 0.29) is 6.10 Å². The van der Waals surface area contributed by atoms with Crippen LogP contribution < -0.4 is 0 Å². The number of benzene rings is 1. The van der Waals surface area contributed by atoms with Crippen LogP contribution in [-0.4, -0.2) is 29.2 Å². The van der Waals surface area contributed by atoms with Crippen molar-refractivity contribution in [1.82, 2.24) is 4.90 Å². The van der Waals surface area contributed by atoms with E-state index in [4.69, 9.17) is 0 Å². The lowest BCUT2D eigenvalue weighted by atomic mass is 9.98. The van der Waals surface area contributed by atoms with E-state index >= 15 is 0 Å². The Bertz CT molecular complexity index is 632. The van der Waals surface area contributed by atoms with Crippen molar-refractivity contribution < 1.29 is 5.11 Å². The van der Waals surface area contributed by atoms with Gasteiger partial charge in [0.05, 0.1) is 6.10 Å². The van der Waals surface area contributed by atoms with Crippen molar-refractivity contribution in [2.75, 3.05) is 13.1 Å². The first-order valence-corrected chi connectivity index (χ1v) is 8.76. The summed E-state index contributed by atoms with van der Waals surface area (Å²) in [5.41, 5.74) is 3.86. The summed E-state index contributed by atoms with van der Waals surface area (Å²) >= 11 is 1.75. The van der Waals surface area contributed by atoms with Crippen LogP contribution in [0.4, 0.5) is 0 Å². The van der Waals surface area contributed by atoms with Gasteiger partial charge in [-0.2, -0.15) is 0 Å². The molecule has 1 unspecified atom stereocenters. The highest BCUT2D eigenvalue weighted by Gasteiger charge is 2.18. The summed E-state index contributed by atoms with van der Waals surface area (Å²) in [6.45, 7) is 5.08. The smallest absolute Gasteiger partial charge is 0.0799 e. The quantitative estimate of drug-likeness (QED) is 0.849. The summed E-state index contributed by atoms with van der Waals surface area (Å²) in [5.74, 6) is 0. The fourth-order valence-electron chi connectivity index (χ4n) is 2.93. The second-order valence-corrected chi connectivity index (χ2v) is 7.00. The maximum Gasteiger partial charge on any atom is 0.0799 e. The van der Waals surface area contributed by atoms with Crippen LogP contribution in [0, 0.1) is 6.92 Å². The fourth-order valence-corrected chi connectivity index (χ4v) is 3.88. The predicted octanol–water partition coefficient (Wildman–Crippen LogP) is 3.79. The zero-order valence-corrected chi connectivity index (χ0v) is 13.9. The third-order valence-corrected chi connectivity index (χ3v) is 5.40. The molecule has 0 aliphatic carbocycles. The van der Waals surface area contributed by atoms with E-state index in [1.807, 2.05) is 0 Å². The summed E-state index contributed by atoms with van der Waals surface area (Å²) in [6.07, 6.45) is 3.63. The van der Waals surface area contributed by atoms with Crippen molar-refractivity contribution in [3.8, 4) is 0 Å². The van der Waals surface area contributed by atoms with Gasteiger partial charge >= 0.3 is 0 Å². The van der Waals surface area contributed by atoms with E-state index in [0.717, 1.165) is 32.5 Å². The minimum Gasteiger partial charge on any atom is -0.388 e. The number of nitrogens with zero attached hydrogens (tertiary/aromatic N) is 1. The van der Waals surface area contributed by atoms with Gasteiger partial charge in [-0.1, -0.05) is 36.4 Å². The topological polar surface area (TPSA) is 23.5 Å². The molecule has 0 amide bonds. The van der Waals surface area contributed by atoms with Crippen LogP contribution in [0.15, 0.2) is 53.4 Å². The van der Waals surface area contributed by atoms with Crippen molar-refractivity contribution in [3.05, 3.63) is 69.4 Å². The second-order valence-electron chi connectivity index (χ2n) is 6.00. The Morgan fingerprint density at radius 3 is 2.68 bits per heavy atom. The fraction of sp³-hybridized carbons (Fsp3) is 0.368. The molecule has 0 fully saturated rings. The minimum absolute atomic E-state index is 0.323. The van der Waals surface area contributed by atoms with Gasteiger partial charge < -0.3 is 5.11 Å². The first kappa shape index (κ1) is 15.5. The van der Waals surface area contributed by atoms with Gasteiger partial charge in [-0.15, -0.1) is 11.3 Å². The van der Waals surface area contributed by atoms with Gasteiger partial charge in [0.1, 0.15) is 0 Å². The monoisotopic (exact) mass is 313 g/mol. The van der Waals surface area contributed by atoms with Crippen LogP contribution in [0.5, 0.6) is 0 Å². The van der Waals surface area contributed by atoms with Gasteiger partial charge in [0, 0.05) is 30.9 Å². The van der Waals surface area contributed by atoms with Crippen molar-refractivity contribution >= 4 is 11.3 Å². The molecule has 1 N–H and O–H groups in total. The second kappa shape index (κ2) is 7.23. The van der Waals surface area contributed by atoms with Gasteiger partial charge in [-0.3, -0.25) is 4.90 Å². The van der Waals surface area contributed by atoms with Crippen molar-refractivity contribution in [1.29, 1.82) is 0 Å². The Hall–Kier alpha value is -1.42. The SMILES string of the molecule is Cc1ccsc1CC(O)C1=CCN(Cc2ccccc2)CC1. The highest BCUT2D eigenvalue weighted by Crippen LogP contribution is 2.23. The standard InChI is InChI=1S/C19H23NOS/c1-15-9-12-22-19(15)13-18(21)17-7-10-20(11-8-17)14-16-5-3-2-4-6-16/h2-7,9,12,18,21H,8,10-11,13-14H2,1H3. The zero-order valence-electron chi connectivity index (χ0n) is 13.0. The van der Waals surface area contributed by atoms with E-state index < -0.39 is 0 Å². The molecule has 0 bridgehead atoms. The third kappa shape index (κ3) is 3.86. The molecule has 1 aromatic carbocycles. The van der Waals surface area contributed by atoms with Gasteiger partial charge in [0.15, 0.2) is 0 Å². The molecule has 1 atom stereocenters. The van der Waals surface area contributed by atoms with E-state index in [9.17, 15) is 5.11 Å². The zero-order chi connectivity index (χ0) is 15.4. The molecule has 0 saturated heterocycles. The number of aliphatic hydroxyl groups is 1. The normalized spacial score (nSPS) is 17.3. The summed E-state index contributed by atoms with van der Waals surface area (Å²) in [6, 6.07) is 12.7. The molecule has 1 aliphatic heterocycles.